The van der Waals surface area contributed by atoms with Crippen molar-refractivity contribution in [3.63, 3.8) is 0 Å². The van der Waals surface area contributed by atoms with Crippen molar-refractivity contribution < 1.29 is 5.11 Å². The first-order chi connectivity index (χ1) is 5.77. The number of benzene rings is 1. The van der Waals surface area contributed by atoms with Gasteiger partial charge in [-0.2, -0.15) is 0 Å². The Morgan fingerprint density at radius 1 is 1.25 bits per heavy atom. The molecule has 12 heavy (non-hydrogen) atoms. The van der Waals surface area contributed by atoms with E-state index in [0.29, 0.717) is 6.10 Å². The molecule has 1 nitrogen and oxygen atoms in total. The number of aliphatic hydroxyl groups excluding tert-OH is 1. The van der Waals surface area contributed by atoms with E-state index in [9.17, 15) is 5.11 Å². The Bertz CT molecular complexity index is 289. The Hall–Kier alpha value is -0.820. The zero-order valence-corrected chi connectivity index (χ0v) is 7.30. The van der Waals surface area contributed by atoms with E-state index in [4.69, 9.17) is 0 Å². The number of aliphatic hydroxyl groups is 1. The molecule has 1 aliphatic carbocycles. The van der Waals surface area contributed by atoms with Crippen LogP contribution in [0.4, 0.5) is 0 Å². The summed E-state index contributed by atoms with van der Waals surface area (Å²) in [6.45, 7) is 1.73. The lowest BCUT2D eigenvalue weighted by Crippen LogP contribution is -1.93. The minimum absolute atomic E-state index is 0.421. The smallest absolute Gasteiger partial charge is 0.119 e. The van der Waals surface area contributed by atoms with Crippen LogP contribution in [-0.2, 0) is 12.8 Å². The van der Waals surface area contributed by atoms with Crippen molar-refractivity contribution in [2.24, 2.45) is 0 Å². The third-order valence-corrected chi connectivity index (χ3v) is 2.52. The molecule has 0 aromatic heterocycles. The van der Waals surface area contributed by atoms with Crippen LogP contribution in [0.1, 0.15) is 30.0 Å². The van der Waals surface area contributed by atoms with Crippen LogP contribution in [0.15, 0.2) is 18.2 Å². The summed E-state index contributed by atoms with van der Waals surface area (Å²) in [7, 11) is 0. The van der Waals surface area contributed by atoms with E-state index in [0.717, 1.165) is 5.56 Å². The van der Waals surface area contributed by atoms with Crippen molar-refractivity contribution in [1.29, 1.82) is 0 Å². The third kappa shape index (κ3) is 1.25. The highest BCUT2D eigenvalue weighted by molar-refractivity contribution is 5.38. The fourth-order valence-electron chi connectivity index (χ4n) is 1.80. The second-order valence-corrected chi connectivity index (χ2v) is 3.42. The summed E-state index contributed by atoms with van der Waals surface area (Å²) in [5.74, 6) is 0. The molecule has 1 aliphatic rings. The van der Waals surface area contributed by atoms with Crippen LogP contribution in [0.25, 0.3) is 0 Å². The highest BCUT2D eigenvalue weighted by Gasteiger charge is 2.12. The minimum atomic E-state index is 0.421. The molecule has 0 amide bonds. The lowest BCUT2D eigenvalue weighted by molar-refractivity contribution is 0.341. The molecule has 0 atom stereocenters. The largest absolute Gasteiger partial charge is 0.382 e. The first kappa shape index (κ1) is 7.81. The molecule has 1 heteroatoms. The summed E-state index contributed by atoms with van der Waals surface area (Å²) in [5, 5.41) is 9.27. The van der Waals surface area contributed by atoms with Gasteiger partial charge in [-0.25, -0.2) is 0 Å². The summed E-state index contributed by atoms with van der Waals surface area (Å²) in [5.41, 5.74) is 3.84. The molecule has 0 bridgehead atoms. The van der Waals surface area contributed by atoms with Crippen LogP contribution in [-0.4, -0.2) is 5.11 Å². The monoisotopic (exact) mass is 161 g/mol. The molecule has 2 rings (SSSR count). The van der Waals surface area contributed by atoms with Gasteiger partial charge in [-0.05, 0) is 42.9 Å². The lowest BCUT2D eigenvalue weighted by atomic mass is 10.0. The maximum Gasteiger partial charge on any atom is 0.119 e. The molecule has 1 aromatic rings. The summed E-state index contributed by atoms with van der Waals surface area (Å²) in [6.07, 6.45) is 4.07. The quantitative estimate of drug-likeness (QED) is 0.670. The molecule has 1 N–H and O–H groups in total. The maximum atomic E-state index is 9.27. The summed E-state index contributed by atoms with van der Waals surface area (Å²) >= 11 is 0. The first-order valence-electron chi connectivity index (χ1n) is 4.42. The van der Waals surface area contributed by atoms with Gasteiger partial charge in [0.2, 0.25) is 0 Å². The van der Waals surface area contributed by atoms with E-state index < -0.39 is 0 Å². The van der Waals surface area contributed by atoms with Crippen molar-refractivity contribution in [3.8, 4) is 0 Å². The SMILES string of the molecule is C[C](O)c1ccc2c(c1)CCC2. The van der Waals surface area contributed by atoms with Gasteiger partial charge >= 0.3 is 0 Å². The van der Waals surface area contributed by atoms with Gasteiger partial charge in [0.05, 0.1) is 0 Å². The summed E-state index contributed by atoms with van der Waals surface area (Å²) in [6, 6.07) is 6.24. The molecule has 1 aromatic carbocycles. The molecule has 1 radical (unpaired) electrons. The van der Waals surface area contributed by atoms with Gasteiger partial charge in [-0.1, -0.05) is 18.2 Å². The topological polar surface area (TPSA) is 20.2 Å². The zero-order valence-electron chi connectivity index (χ0n) is 7.30. The van der Waals surface area contributed by atoms with Gasteiger partial charge < -0.3 is 5.11 Å². The number of aryl methyl sites for hydroxylation is 2. The van der Waals surface area contributed by atoms with Crippen molar-refractivity contribution in [3.05, 3.63) is 41.0 Å². The van der Waals surface area contributed by atoms with E-state index in [2.05, 4.69) is 12.1 Å². The molecule has 0 spiro atoms. The van der Waals surface area contributed by atoms with Crippen LogP contribution in [0, 0.1) is 6.10 Å². The standard InChI is InChI=1S/C11H13O/c1-8(12)10-6-5-9-3-2-4-11(9)7-10/h5-7,12H,2-4H2,1H3. The summed E-state index contributed by atoms with van der Waals surface area (Å²) in [4.78, 5) is 0. The van der Waals surface area contributed by atoms with Gasteiger partial charge in [-0.15, -0.1) is 0 Å². The molecule has 0 saturated carbocycles. The van der Waals surface area contributed by atoms with E-state index in [1.54, 1.807) is 6.92 Å². The first-order valence-corrected chi connectivity index (χ1v) is 4.42. The van der Waals surface area contributed by atoms with Crippen LogP contribution in [0.2, 0.25) is 0 Å². The van der Waals surface area contributed by atoms with Gasteiger partial charge in [0.15, 0.2) is 0 Å². The maximum absolute atomic E-state index is 9.27. The van der Waals surface area contributed by atoms with E-state index >= 15 is 0 Å². The molecule has 0 fully saturated rings. The number of fused-ring (bicyclic) bond motifs is 1. The fraction of sp³-hybridized carbons (Fsp3) is 0.364. The average molecular weight is 161 g/mol. The van der Waals surface area contributed by atoms with E-state index in [-0.39, 0.29) is 0 Å². The number of hydrogen-bond acceptors (Lipinski definition) is 1. The van der Waals surface area contributed by atoms with Crippen LogP contribution < -0.4 is 0 Å². The average Bonchev–Trinajstić information content (AvgIpc) is 2.49. The Labute approximate surface area is 73.0 Å². The van der Waals surface area contributed by atoms with Crippen molar-refractivity contribution in [2.75, 3.05) is 0 Å². The summed E-state index contributed by atoms with van der Waals surface area (Å²) < 4.78 is 0. The lowest BCUT2D eigenvalue weighted by Gasteiger charge is -2.05. The zero-order chi connectivity index (χ0) is 8.55. The van der Waals surface area contributed by atoms with Crippen molar-refractivity contribution >= 4 is 0 Å². The Kier molecular flexibility index (Phi) is 1.89. The number of hydrogen-bond donors (Lipinski definition) is 1. The molecule has 63 valence electrons. The van der Waals surface area contributed by atoms with Gasteiger partial charge in [0.1, 0.15) is 6.10 Å². The Balaban J connectivity index is 2.39. The molecule has 0 heterocycles. The van der Waals surface area contributed by atoms with Crippen LogP contribution >= 0.6 is 0 Å². The fourth-order valence-corrected chi connectivity index (χ4v) is 1.80. The normalized spacial score (nSPS) is 15.2. The van der Waals surface area contributed by atoms with Gasteiger partial charge in [0, 0.05) is 0 Å². The van der Waals surface area contributed by atoms with Gasteiger partial charge in [0.25, 0.3) is 0 Å². The minimum Gasteiger partial charge on any atom is -0.382 e. The number of rotatable bonds is 1. The second kappa shape index (κ2) is 2.91. The highest BCUT2D eigenvalue weighted by atomic mass is 16.3. The van der Waals surface area contributed by atoms with Gasteiger partial charge in [-0.3, -0.25) is 0 Å². The molecule has 0 saturated heterocycles. The Morgan fingerprint density at radius 3 is 2.75 bits per heavy atom. The molecular weight excluding hydrogens is 148 g/mol. The molecular formula is C11H13O. The third-order valence-electron chi connectivity index (χ3n) is 2.52. The molecule has 0 unspecified atom stereocenters. The highest BCUT2D eigenvalue weighted by Crippen LogP contribution is 2.24. The predicted octanol–water partition coefficient (Wildman–Crippen LogP) is 2.45. The van der Waals surface area contributed by atoms with Crippen LogP contribution in [0.3, 0.4) is 0 Å². The molecule has 0 aliphatic heterocycles. The van der Waals surface area contributed by atoms with E-state index in [1.165, 1.54) is 30.4 Å². The van der Waals surface area contributed by atoms with E-state index in [1.807, 2.05) is 6.07 Å². The second-order valence-electron chi connectivity index (χ2n) is 3.42. The van der Waals surface area contributed by atoms with Crippen molar-refractivity contribution in [2.45, 2.75) is 26.2 Å². The van der Waals surface area contributed by atoms with Crippen LogP contribution in [0.5, 0.6) is 0 Å². The van der Waals surface area contributed by atoms with Crippen molar-refractivity contribution in [1.82, 2.24) is 0 Å². The predicted molar refractivity (Wildman–Crippen MR) is 48.4 cm³/mol. The Morgan fingerprint density at radius 2 is 2.00 bits per heavy atom.